The fourth-order valence-electron chi connectivity index (χ4n) is 1.54. The van der Waals surface area contributed by atoms with E-state index in [1.807, 2.05) is 18.3 Å². The highest BCUT2D eigenvalue weighted by Crippen LogP contribution is 2.14. The molecule has 0 aliphatic rings. The van der Waals surface area contributed by atoms with Gasteiger partial charge in [-0.05, 0) is 19.0 Å². The van der Waals surface area contributed by atoms with Gasteiger partial charge in [-0.2, -0.15) is 0 Å². The maximum Gasteiger partial charge on any atom is 0.213 e. The lowest BCUT2D eigenvalue weighted by molar-refractivity contribution is 0.170. The molecular formula is C13H22N2O2. The molecule has 0 aromatic carbocycles. The average Bonchev–Trinajstić information content (AvgIpc) is 2.36. The minimum absolute atomic E-state index is 0.329. The van der Waals surface area contributed by atoms with Gasteiger partial charge in [-0.15, -0.1) is 0 Å². The molecule has 0 saturated carbocycles. The van der Waals surface area contributed by atoms with Crippen LogP contribution in [0.4, 0.5) is 0 Å². The van der Waals surface area contributed by atoms with Crippen LogP contribution in [0, 0.1) is 0 Å². The van der Waals surface area contributed by atoms with Crippen molar-refractivity contribution in [2.45, 2.75) is 26.3 Å². The lowest BCUT2D eigenvalue weighted by atomic mass is 10.1. The van der Waals surface area contributed by atoms with Gasteiger partial charge in [0.15, 0.2) is 0 Å². The van der Waals surface area contributed by atoms with Crippen molar-refractivity contribution in [1.29, 1.82) is 0 Å². The number of hydrogen-bond donors (Lipinski definition) is 1. The molecule has 96 valence electrons. The molecule has 1 unspecified atom stereocenters. The van der Waals surface area contributed by atoms with Crippen molar-refractivity contribution >= 4 is 0 Å². The third-order valence-electron chi connectivity index (χ3n) is 2.51. The van der Waals surface area contributed by atoms with Crippen molar-refractivity contribution in [1.82, 2.24) is 10.3 Å². The SMILES string of the molecule is CCNC(C)c1ccc(OCCCOC)nc1. The van der Waals surface area contributed by atoms with Gasteiger partial charge in [-0.1, -0.05) is 13.0 Å². The molecule has 1 atom stereocenters. The summed E-state index contributed by atoms with van der Waals surface area (Å²) in [6.07, 6.45) is 2.74. The normalized spacial score (nSPS) is 12.4. The Morgan fingerprint density at radius 2 is 2.18 bits per heavy atom. The number of hydrogen-bond acceptors (Lipinski definition) is 4. The topological polar surface area (TPSA) is 43.4 Å². The summed E-state index contributed by atoms with van der Waals surface area (Å²) < 4.78 is 10.4. The number of ether oxygens (including phenoxy) is 2. The van der Waals surface area contributed by atoms with Gasteiger partial charge >= 0.3 is 0 Å². The van der Waals surface area contributed by atoms with Crippen LogP contribution in [-0.2, 0) is 4.74 Å². The molecule has 1 N–H and O–H groups in total. The second-order valence-corrected chi connectivity index (χ2v) is 3.90. The minimum atomic E-state index is 0.329. The van der Waals surface area contributed by atoms with E-state index in [1.165, 1.54) is 5.56 Å². The van der Waals surface area contributed by atoms with Crippen molar-refractivity contribution < 1.29 is 9.47 Å². The summed E-state index contributed by atoms with van der Waals surface area (Å²) >= 11 is 0. The molecule has 0 radical (unpaired) electrons. The van der Waals surface area contributed by atoms with Crippen molar-refractivity contribution in [2.24, 2.45) is 0 Å². The zero-order chi connectivity index (χ0) is 12.5. The fraction of sp³-hybridized carbons (Fsp3) is 0.615. The van der Waals surface area contributed by atoms with Crippen LogP contribution in [-0.4, -0.2) is 31.9 Å². The van der Waals surface area contributed by atoms with Crippen molar-refractivity contribution in [2.75, 3.05) is 26.9 Å². The third kappa shape index (κ3) is 5.15. The Morgan fingerprint density at radius 1 is 1.35 bits per heavy atom. The van der Waals surface area contributed by atoms with Crippen LogP contribution < -0.4 is 10.1 Å². The molecule has 0 fully saturated rings. The summed E-state index contributed by atoms with van der Waals surface area (Å²) in [5.41, 5.74) is 1.18. The van der Waals surface area contributed by atoms with E-state index in [-0.39, 0.29) is 0 Å². The standard InChI is InChI=1S/C13H22N2O2/c1-4-14-11(2)12-6-7-13(15-10-12)17-9-5-8-16-3/h6-7,10-11,14H,4-5,8-9H2,1-3H3. The number of pyridine rings is 1. The molecular weight excluding hydrogens is 216 g/mol. The molecule has 1 heterocycles. The average molecular weight is 238 g/mol. The van der Waals surface area contributed by atoms with Crippen LogP contribution in [0.25, 0.3) is 0 Å². The van der Waals surface area contributed by atoms with Crippen LogP contribution in [0.5, 0.6) is 5.88 Å². The van der Waals surface area contributed by atoms with E-state index in [2.05, 4.69) is 24.1 Å². The Balaban J connectivity index is 2.39. The van der Waals surface area contributed by atoms with Gasteiger partial charge in [0.1, 0.15) is 0 Å². The molecule has 0 spiro atoms. The summed E-state index contributed by atoms with van der Waals surface area (Å²) in [5, 5.41) is 3.34. The van der Waals surface area contributed by atoms with Crippen LogP contribution in [0.15, 0.2) is 18.3 Å². The highest BCUT2D eigenvalue weighted by Gasteiger charge is 2.04. The van der Waals surface area contributed by atoms with Gasteiger partial charge in [-0.3, -0.25) is 0 Å². The van der Waals surface area contributed by atoms with E-state index in [1.54, 1.807) is 7.11 Å². The lowest BCUT2D eigenvalue weighted by Crippen LogP contribution is -2.17. The second kappa shape index (κ2) is 8.03. The van der Waals surface area contributed by atoms with E-state index in [4.69, 9.17) is 9.47 Å². The first-order valence-corrected chi connectivity index (χ1v) is 6.09. The van der Waals surface area contributed by atoms with E-state index < -0.39 is 0 Å². The van der Waals surface area contributed by atoms with E-state index in [9.17, 15) is 0 Å². The number of nitrogens with one attached hydrogen (secondary N) is 1. The van der Waals surface area contributed by atoms with Gasteiger partial charge in [0, 0.05) is 38.4 Å². The molecule has 17 heavy (non-hydrogen) atoms. The second-order valence-electron chi connectivity index (χ2n) is 3.90. The third-order valence-corrected chi connectivity index (χ3v) is 2.51. The lowest BCUT2D eigenvalue weighted by Gasteiger charge is -2.12. The van der Waals surface area contributed by atoms with Crippen molar-refractivity contribution in [3.8, 4) is 5.88 Å². The Labute approximate surface area is 103 Å². The van der Waals surface area contributed by atoms with Crippen LogP contribution in [0.3, 0.4) is 0 Å². The zero-order valence-corrected chi connectivity index (χ0v) is 10.9. The van der Waals surface area contributed by atoms with Gasteiger partial charge in [0.25, 0.3) is 0 Å². The maximum atomic E-state index is 5.49. The molecule has 4 heteroatoms. The van der Waals surface area contributed by atoms with Crippen LogP contribution in [0.1, 0.15) is 31.9 Å². The first-order chi connectivity index (χ1) is 8.27. The molecule has 0 amide bonds. The van der Waals surface area contributed by atoms with Crippen LogP contribution in [0.2, 0.25) is 0 Å². The molecule has 0 bridgehead atoms. The van der Waals surface area contributed by atoms with Gasteiger partial charge < -0.3 is 14.8 Å². The number of methoxy groups -OCH3 is 1. The Morgan fingerprint density at radius 3 is 2.76 bits per heavy atom. The van der Waals surface area contributed by atoms with E-state index in [0.717, 1.165) is 19.6 Å². The molecule has 4 nitrogen and oxygen atoms in total. The molecule has 1 rings (SSSR count). The molecule has 0 saturated heterocycles. The summed E-state index contributed by atoms with van der Waals surface area (Å²) in [4.78, 5) is 4.28. The number of nitrogens with zero attached hydrogens (tertiary/aromatic N) is 1. The molecule has 0 aliphatic carbocycles. The predicted octanol–water partition coefficient (Wildman–Crippen LogP) is 2.17. The Bertz CT molecular complexity index is 301. The molecule has 0 aliphatic heterocycles. The largest absolute Gasteiger partial charge is 0.478 e. The van der Waals surface area contributed by atoms with Gasteiger partial charge in [-0.25, -0.2) is 4.98 Å². The number of aromatic nitrogens is 1. The highest BCUT2D eigenvalue weighted by molar-refractivity contribution is 5.20. The fourth-order valence-corrected chi connectivity index (χ4v) is 1.54. The zero-order valence-electron chi connectivity index (χ0n) is 10.9. The smallest absolute Gasteiger partial charge is 0.213 e. The van der Waals surface area contributed by atoms with E-state index >= 15 is 0 Å². The van der Waals surface area contributed by atoms with Gasteiger partial charge in [0.05, 0.1) is 6.61 Å². The number of rotatable bonds is 8. The monoisotopic (exact) mass is 238 g/mol. The minimum Gasteiger partial charge on any atom is -0.478 e. The predicted molar refractivity (Wildman–Crippen MR) is 68.3 cm³/mol. The first-order valence-electron chi connectivity index (χ1n) is 6.09. The Kier molecular flexibility index (Phi) is 6.58. The molecule has 1 aromatic rings. The van der Waals surface area contributed by atoms with Crippen molar-refractivity contribution in [3.63, 3.8) is 0 Å². The van der Waals surface area contributed by atoms with Crippen LogP contribution >= 0.6 is 0 Å². The summed E-state index contributed by atoms with van der Waals surface area (Å²) in [5.74, 6) is 0.675. The Hall–Kier alpha value is -1.13. The molecule has 1 aromatic heterocycles. The summed E-state index contributed by atoms with van der Waals surface area (Å²) in [6.45, 7) is 6.53. The van der Waals surface area contributed by atoms with Crippen molar-refractivity contribution in [3.05, 3.63) is 23.9 Å². The maximum absolute atomic E-state index is 5.49. The summed E-state index contributed by atoms with van der Waals surface area (Å²) in [6, 6.07) is 4.29. The highest BCUT2D eigenvalue weighted by atomic mass is 16.5. The van der Waals surface area contributed by atoms with Gasteiger partial charge in [0.2, 0.25) is 5.88 Å². The quantitative estimate of drug-likeness (QED) is 0.705. The summed E-state index contributed by atoms with van der Waals surface area (Å²) in [7, 11) is 1.69. The van der Waals surface area contributed by atoms with E-state index in [0.29, 0.717) is 18.5 Å². The first kappa shape index (κ1) is 13.9.